The third-order valence-electron chi connectivity index (χ3n) is 3.83. The molecule has 0 radical (unpaired) electrons. The molecule has 0 aliphatic carbocycles. The highest BCUT2D eigenvalue weighted by Gasteiger charge is 2.17. The van der Waals surface area contributed by atoms with E-state index in [1.165, 1.54) is 6.20 Å². The Morgan fingerprint density at radius 3 is 2.33 bits per heavy atom. The summed E-state index contributed by atoms with van der Waals surface area (Å²) in [7, 11) is 0. The minimum absolute atomic E-state index is 0.00945. The van der Waals surface area contributed by atoms with E-state index in [0.717, 1.165) is 0 Å². The molecule has 1 aromatic heterocycles. The Hall–Kier alpha value is -1.78. The van der Waals surface area contributed by atoms with Gasteiger partial charge in [0, 0.05) is 12.7 Å². The van der Waals surface area contributed by atoms with E-state index in [0.29, 0.717) is 65.0 Å². The first-order valence-electron chi connectivity index (χ1n) is 9.04. The van der Waals surface area contributed by atoms with Gasteiger partial charge in [0.05, 0.1) is 65.6 Å². The van der Waals surface area contributed by atoms with Gasteiger partial charge in [-0.25, -0.2) is 4.98 Å². The number of nitrogens with one attached hydrogen (secondary N) is 1. The Kier molecular flexibility index (Phi) is 10.0. The predicted octanol–water partition coefficient (Wildman–Crippen LogP) is 0.291. The van der Waals surface area contributed by atoms with Gasteiger partial charge in [-0.05, 0) is 18.6 Å². The van der Waals surface area contributed by atoms with Crippen LogP contribution in [0.25, 0.3) is 0 Å². The van der Waals surface area contributed by atoms with Crippen LogP contribution in [0.4, 0.5) is 0 Å². The molecule has 1 fully saturated rings. The zero-order valence-corrected chi connectivity index (χ0v) is 15.6. The number of aromatic hydroxyl groups is 1. The van der Waals surface area contributed by atoms with Gasteiger partial charge in [0.25, 0.3) is 5.91 Å². The van der Waals surface area contributed by atoms with E-state index in [-0.39, 0.29) is 24.1 Å². The van der Waals surface area contributed by atoms with Crippen molar-refractivity contribution in [1.82, 2.24) is 10.3 Å². The smallest absolute Gasteiger partial charge is 0.273 e. The number of carbonyl (C=O) groups excluding carboxylic acids is 1. The van der Waals surface area contributed by atoms with Crippen LogP contribution in [-0.4, -0.2) is 88.1 Å². The molecule has 27 heavy (non-hydrogen) atoms. The summed E-state index contributed by atoms with van der Waals surface area (Å²) in [6.07, 6.45) is 1.13. The van der Waals surface area contributed by atoms with Crippen LogP contribution in [0, 0.1) is 6.92 Å². The molecule has 0 saturated carbocycles. The number of nitrogens with zero attached hydrogens (tertiary/aromatic N) is 1. The van der Waals surface area contributed by atoms with Crippen molar-refractivity contribution in [2.75, 3.05) is 66.0 Å². The fraction of sp³-hybridized carbons (Fsp3) is 0.667. The Balaban J connectivity index is 1.82. The molecule has 152 valence electrons. The van der Waals surface area contributed by atoms with Gasteiger partial charge >= 0.3 is 0 Å². The third-order valence-corrected chi connectivity index (χ3v) is 3.83. The minimum Gasteiger partial charge on any atom is -0.505 e. The van der Waals surface area contributed by atoms with Crippen LogP contribution in [0.1, 0.15) is 16.1 Å². The molecule has 0 aromatic carbocycles. The molecule has 1 amide bonds. The second-order valence-electron chi connectivity index (χ2n) is 5.94. The number of amides is 1. The summed E-state index contributed by atoms with van der Waals surface area (Å²) in [5, 5.41) is 12.7. The predicted molar refractivity (Wildman–Crippen MR) is 96.0 cm³/mol. The molecule has 1 aliphatic rings. The number of pyridine rings is 1. The van der Waals surface area contributed by atoms with Crippen LogP contribution in [0.5, 0.6) is 5.75 Å². The van der Waals surface area contributed by atoms with Gasteiger partial charge in [-0.15, -0.1) is 0 Å². The lowest BCUT2D eigenvalue weighted by atomic mass is 10.2. The molecular formula is C18H28N2O7. The van der Waals surface area contributed by atoms with Gasteiger partial charge in [0.2, 0.25) is 0 Å². The van der Waals surface area contributed by atoms with Crippen molar-refractivity contribution in [1.29, 1.82) is 0 Å². The normalized spacial score (nSPS) is 21.0. The number of hydrogen-bond donors (Lipinski definition) is 2. The third kappa shape index (κ3) is 8.19. The van der Waals surface area contributed by atoms with E-state index in [2.05, 4.69) is 10.3 Å². The first-order chi connectivity index (χ1) is 13.2. The van der Waals surface area contributed by atoms with E-state index in [1.807, 2.05) is 0 Å². The van der Waals surface area contributed by atoms with Crippen LogP contribution in [0.3, 0.4) is 0 Å². The summed E-state index contributed by atoms with van der Waals surface area (Å²) in [6.45, 7) is 5.92. The number of carbonyl (C=O) groups is 1. The van der Waals surface area contributed by atoms with Crippen molar-refractivity contribution in [2.45, 2.75) is 13.0 Å². The van der Waals surface area contributed by atoms with Crippen LogP contribution < -0.4 is 5.32 Å². The van der Waals surface area contributed by atoms with Crippen molar-refractivity contribution in [3.63, 3.8) is 0 Å². The SMILES string of the molecule is Cc1ccnc(C(=O)NCC2COCCOCCOCCOCCO2)c1O. The molecule has 1 aliphatic heterocycles. The van der Waals surface area contributed by atoms with Crippen molar-refractivity contribution < 1.29 is 33.6 Å². The molecule has 1 atom stereocenters. The van der Waals surface area contributed by atoms with Crippen LogP contribution in [0.15, 0.2) is 12.3 Å². The zero-order chi connectivity index (χ0) is 19.3. The molecule has 9 heteroatoms. The Bertz CT molecular complexity index is 555. The largest absolute Gasteiger partial charge is 0.505 e. The zero-order valence-electron chi connectivity index (χ0n) is 15.6. The van der Waals surface area contributed by atoms with Crippen LogP contribution >= 0.6 is 0 Å². The van der Waals surface area contributed by atoms with Crippen molar-refractivity contribution >= 4 is 5.91 Å². The topological polar surface area (TPSA) is 108 Å². The summed E-state index contributed by atoms with van der Waals surface area (Å²) in [5.74, 6) is -0.588. The molecule has 0 bridgehead atoms. The van der Waals surface area contributed by atoms with Gasteiger partial charge in [0.1, 0.15) is 5.75 Å². The highest BCUT2D eigenvalue weighted by molar-refractivity contribution is 5.95. The number of hydrogen-bond acceptors (Lipinski definition) is 8. The molecule has 1 aromatic rings. The van der Waals surface area contributed by atoms with Gasteiger partial charge in [-0.2, -0.15) is 0 Å². The van der Waals surface area contributed by atoms with E-state index >= 15 is 0 Å². The first-order valence-corrected chi connectivity index (χ1v) is 9.04. The average Bonchev–Trinajstić information content (AvgIpc) is 2.68. The van der Waals surface area contributed by atoms with Gasteiger partial charge in [-0.1, -0.05) is 0 Å². The maximum absolute atomic E-state index is 12.3. The summed E-state index contributed by atoms with van der Waals surface area (Å²) in [4.78, 5) is 16.2. The Morgan fingerprint density at radius 1 is 1.07 bits per heavy atom. The highest BCUT2D eigenvalue weighted by atomic mass is 16.6. The quantitative estimate of drug-likeness (QED) is 0.766. The number of aryl methyl sites for hydroxylation is 1. The molecule has 1 unspecified atom stereocenters. The van der Waals surface area contributed by atoms with Crippen molar-refractivity contribution in [3.05, 3.63) is 23.5 Å². The first kappa shape index (κ1) is 21.5. The lowest BCUT2D eigenvalue weighted by molar-refractivity contribution is -0.0438. The van der Waals surface area contributed by atoms with E-state index in [1.54, 1.807) is 13.0 Å². The van der Waals surface area contributed by atoms with Crippen LogP contribution in [0.2, 0.25) is 0 Å². The van der Waals surface area contributed by atoms with Crippen molar-refractivity contribution in [2.24, 2.45) is 0 Å². The van der Waals surface area contributed by atoms with Gasteiger partial charge < -0.3 is 34.1 Å². The standard InChI is InChI=1S/C18H28N2O7/c1-14-2-3-19-16(17(14)21)18(22)20-12-15-13-26-9-8-24-5-4-23-6-7-25-10-11-27-15/h2-3,15,21H,4-13H2,1H3,(H,20,22). The molecular weight excluding hydrogens is 356 g/mol. The fourth-order valence-electron chi connectivity index (χ4n) is 2.32. The number of ether oxygens (including phenoxy) is 5. The lowest BCUT2D eigenvalue weighted by Gasteiger charge is -2.19. The summed E-state index contributed by atoms with van der Waals surface area (Å²) in [6, 6.07) is 1.63. The van der Waals surface area contributed by atoms with Gasteiger partial charge in [0.15, 0.2) is 5.69 Å². The fourth-order valence-corrected chi connectivity index (χ4v) is 2.32. The van der Waals surface area contributed by atoms with Crippen molar-refractivity contribution in [3.8, 4) is 5.75 Å². The van der Waals surface area contributed by atoms with E-state index in [9.17, 15) is 9.90 Å². The molecule has 2 heterocycles. The second kappa shape index (κ2) is 12.6. The molecule has 2 rings (SSSR count). The van der Waals surface area contributed by atoms with E-state index < -0.39 is 5.91 Å². The monoisotopic (exact) mass is 384 g/mol. The van der Waals surface area contributed by atoms with Gasteiger partial charge in [-0.3, -0.25) is 4.79 Å². The number of rotatable bonds is 3. The maximum Gasteiger partial charge on any atom is 0.273 e. The maximum atomic E-state index is 12.3. The summed E-state index contributed by atoms with van der Waals surface area (Å²) < 4.78 is 27.4. The highest BCUT2D eigenvalue weighted by Crippen LogP contribution is 2.18. The molecule has 0 spiro atoms. The summed E-state index contributed by atoms with van der Waals surface area (Å²) in [5.41, 5.74) is 0.578. The summed E-state index contributed by atoms with van der Waals surface area (Å²) >= 11 is 0. The molecule has 2 N–H and O–H groups in total. The Morgan fingerprint density at radius 2 is 1.67 bits per heavy atom. The average molecular weight is 384 g/mol. The molecule has 1 saturated heterocycles. The lowest BCUT2D eigenvalue weighted by Crippen LogP contribution is -2.37. The number of aromatic nitrogens is 1. The second-order valence-corrected chi connectivity index (χ2v) is 5.94. The Labute approximate surface area is 158 Å². The van der Waals surface area contributed by atoms with E-state index in [4.69, 9.17) is 23.7 Å². The van der Waals surface area contributed by atoms with Crippen LogP contribution in [-0.2, 0) is 23.7 Å². The molecule has 9 nitrogen and oxygen atoms in total. The minimum atomic E-state index is -0.465.